The Morgan fingerprint density at radius 3 is 2.67 bits per heavy atom. The summed E-state index contributed by atoms with van der Waals surface area (Å²) in [4.78, 5) is 4.53. The maximum absolute atomic E-state index is 4.53. The quantitative estimate of drug-likeness (QED) is 0.807. The lowest BCUT2D eigenvalue weighted by molar-refractivity contribution is 0.393. The van der Waals surface area contributed by atoms with Gasteiger partial charge in [-0.25, -0.2) is 4.98 Å². The van der Waals surface area contributed by atoms with Crippen LogP contribution in [0.5, 0.6) is 0 Å². The van der Waals surface area contributed by atoms with Crippen molar-refractivity contribution in [3.8, 4) is 0 Å². The summed E-state index contributed by atoms with van der Waals surface area (Å²) in [6, 6.07) is 0. The number of aromatic nitrogens is 1. The molecule has 2 nitrogen and oxygen atoms in total. The fourth-order valence-electron chi connectivity index (χ4n) is 1.99. The van der Waals surface area contributed by atoms with Crippen molar-refractivity contribution < 1.29 is 0 Å². The highest BCUT2D eigenvalue weighted by molar-refractivity contribution is 7.09. The summed E-state index contributed by atoms with van der Waals surface area (Å²) in [6.45, 7) is 7.74. The number of aryl methyl sites for hydroxylation is 1. The molecule has 0 bridgehead atoms. The second-order valence-corrected chi connectivity index (χ2v) is 5.68. The summed E-state index contributed by atoms with van der Waals surface area (Å²) >= 11 is 1.75. The Labute approximate surface area is 97.1 Å². The van der Waals surface area contributed by atoms with Crippen LogP contribution in [-0.2, 0) is 6.42 Å². The van der Waals surface area contributed by atoms with Crippen LogP contribution in [0.2, 0.25) is 0 Å². The summed E-state index contributed by atoms with van der Waals surface area (Å²) in [6.07, 6.45) is 2.39. The van der Waals surface area contributed by atoms with E-state index in [-0.39, 0.29) is 0 Å². The summed E-state index contributed by atoms with van der Waals surface area (Å²) < 4.78 is 0. The predicted molar refractivity (Wildman–Crippen MR) is 67.4 cm³/mol. The number of hydrogen-bond acceptors (Lipinski definition) is 3. The summed E-state index contributed by atoms with van der Waals surface area (Å²) in [5.41, 5.74) is 1.26. The molecule has 1 aromatic heterocycles. The molecular formula is C12H22N2S. The number of thiazole rings is 1. The first-order chi connectivity index (χ1) is 7.11. The second kappa shape index (κ2) is 6.23. The highest BCUT2D eigenvalue weighted by Gasteiger charge is 2.12. The van der Waals surface area contributed by atoms with E-state index >= 15 is 0 Å². The van der Waals surface area contributed by atoms with Crippen LogP contribution in [0.4, 0.5) is 0 Å². The molecule has 1 N–H and O–H groups in total. The SMILES string of the molecule is CNCC(Cc1csc(C)n1)CC(C)C. The maximum Gasteiger partial charge on any atom is 0.0897 e. The fourth-order valence-corrected chi connectivity index (χ4v) is 2.62. The number of nitrogens with zero attached hydrogens (tertiary/aromatic N) is 1. The minimum absolute atomic E-state index is 0.719. The van der Waals surface area contributed by atoms with Crippen molar-refractivity contribution >= 4 is 11.3 Å². The molecule has 1 unspecified atom stereocenters. The molecule has 0 amide bonds. The van der Waals surface area contributed by atoms with Crippen LogP contribution in [0, 0.1) is 18.8 Å². The van der Waals surface area contributed by atoms with Gasteiger partial charge in [0, 0.05) is 5.38 Å². The van der Waals surface area contributed by atoms with Crippen LogP contribution in [0.15, 0.2) is 5.38 Å². The Balaban J connectivity index is 2.50. The molecule has 1 rings (SSSR count). The van der Waals surface area contributed by atoms with E-state index in [0.29, 0.717) is 0 Å². The van der Waals surface area contributed by atoms with Crippen LogP contribution in [-0.4, -0.2) is 18.6 Å². The van der Waals surface area contributed by atoms with Crippen molar-refractivity contribution in [2.45, 2.75) is 33.6 Å². The van der Waals surface area contributed by atoms with Gasteiger partial charge in [0.25, 0.3) is 0 Å². The van der Waals surface area contributed by atoms with Gasteiger partial charge in [0.2, 0.25) is 0 Å². The van der Waals surface area contributed by atoms with Crippen LogP contribution < -0.4 is 5.32 Å². The average Bonchev–Trinajstić information content (AvgIpc) is 2.50. The summed E-state index contributed by atoms with van der Waals surface area (Å²) in [7, 11) is 2.03. The van der Waals surface area contributed by atoms with E-state index in [0.717, 1.165) is 24.8 Å². The van der Waals surface area contributed by atoms with Gasteiger partial charge in [0.1, 0.15) is 0 Å². The molecule has 86 valence electrons. The third-order valence-corrected chi connectivity index (χ3v) is 3.28. The lowest BCUT2D eigenvalue weighted by Gasteiger charge is -2.17. The Bertz CT molecular complexity index is 281. The normalized spacial score (nSPS) is 13.4. The van der Waals surface area contributed by atoms with E-state index in [1.165, 1.54) is 17.1 Å². The Kier molecular flexibility index (Phi) is 5.26. The molecule has 1 atom stereocenters. The number of hydrogen-bond donors (Lipinski definition) is 1. The van der Waals surface area contributed by atoms with Crippen molar-refractivity contribution in [1.82, 2.24) is 10.3 Å². The molecule has 0 aliphatic carbocycles. The zero-order chi connectivity index (χ0) is 11.3. The first kappa shape index (κ1) is 12.7. The molecule has 0 fully saturated rings. The van der Waals surface area contributed by atoms with Crippen molar-refractivity contribution in [3.63, 3.8) is 0 Å². The lowest BCUT2D eigenvalue weighted by atomic mass is 9.93. The third-order valence-electron chi connectivity index (χ3n) is 2.46. The Hall–Kier alpha value is -0.410. The standard InChI is InChI=1S/C12H22N2S/c1-9(2)5-11(7-13-4)6-12-8-15-10(3)14-12/h8-9,11,13H,5-7H2,1-4H3. The van der Waals surface area contributed by atoms with Gasteiger partial charge in [-0.15, -0.1) is 11.3 Å². The molecule has 0 aliphatic rings. The Morgan fingerprint density at radius 2 is 2.20 bits per heavy atom. The zero-order valence-corrected chi connectivity index (χ0v) is 11.0. The van der Waals surface area contributed by atoms with Crippen molar-refractivity contribution in [1.29, 1.82) is 0 Å². The lowest BCUT2D eigenvalue weighted by Crippen LogP contribution is -2.22. The molecule has 3 heteroatoms. The molecule has 0 aliphatic heterocycles. The number of nitrogens with one attached hydrogen (secondary N) is 1. The van der Waals surface area contributed by atoms with E-state index in [9.17, 15) is 0 Å². The minimum atomic E-state index is 0.719. The number of rotatable bonds is 6. The maximum atomic E-state index is 4.53. The predicted octanol–water partition coefficient (Wildman–Crippen LogP) is 2.88. The summed E-state index contributed by atoms with van der Waals surface area (Å²) in [5.74, 6) is 1.49. The largest absolute Gasteiger partial charge is 0.319 e. The van der Waals surface area contributed by atoms with E-state index < -0.39 is 0 Å². The van der Waals surface area contributed by atoms with E-state index in [2.05, 4.69) is 36.5 Å². The molecule has 15 heavy (non-hydrogen) atoms. The molecule has 0 spiro atoms. The molecular weight excluding hydrogens is 204 g/mol. The highest BCUT2D eigenvalue weighted by Crippen LogP contribution is 2.18. The van der Waals surface area contributed by atoms with Crippen molar-refractivity contribution in [3.05, 3.63) is 16.1 Å². The van der Waals surface area contributed by atoms with Crippen LogP contribution in [0.1, 0.15) is 31.0 Å². The van der Waals surface area contributed by atoms with Gasteiger partial charge in [0.05, 0.1) is 10.7 Å². The summed E-state index contributed by atoms with van der Waals surface area (Å²) in [5, 5.41) is 6.65. The van der Waals surface area contributed by atoms with E-state index in [1.807, 2.05) is 7.05 Å². The van der Waals surface area contributed by atoms with Gasteiger partial charge in [-0.1, -0.05) is 13.8 Å². The van der Waals surface area contributed by atoms with Gasteiger partial charge in [-0.05, 0) is 45.2 Å². The fraction of sp³-hybridized carbons (Fsp3) is 0.750. The topological polar surface area (TPSA) is 24.9 Å². The molecule has 1 aromatic rings. The van der Waals surface area contributed by atoms with Crippen molar-refractivity contribution in [2.75, 3.05) is 13.6 Å². The first-order valence-corrected chi connectivity index (χ1v) is 6.55. The molecule has 0 aromatic carbocycles. The smallest absolute Gasteiger partial charge is 0.0897 e. The highest BCUT2D eigenvalue weighted by atomic mass is 32.1. The molecule has 0 saturated heterocycles. The van der Waals surface area contributed by atoms with Crippen LogP contribution >= 0.6 is 11.3 Å². The van der Waals surface area contributed by atoms with Gasteiger partial charge in [-0.2, -0.15) is 0 Å². The van der Waals surface area contributed by atoms with Crippen molar-refractivity contribution in [2.24, 2.45) is 11.8 Å². The minimum Gasteiger partial charge on any atom is -0.319 e. The van der Waals surface area contributed by atoms with Crippen LogP contribution in [0.3, 0.4) is 0 Å². The van der Waals surface area contributed by atoms with Gasteiger partial charge < -0.3 is 5.32 Å². The van der Waals surface area contributed by atoms with Gasteiger partial charge in [0.15, 0.2) is 0 Å². The average molecular weight is 226 g/mol. The van der Waals surface area contributed by atoms with Gasteiger partial charge in [-0.3, -0.25) is 0 Å². The third kappa shape index (κ3) is 4.76. The second-order valence-electron chi connectivity index (χ2n) is 4.62. The zero-order valence-electron chi connectivity index (χ0n) is 10.2. The Morgan fingerprint density at radius 1 is 1.47 bits per heavy atom. The molecule has 1 heterocycles. The van der Waals surface area contributed by atoms with Crippen LogP contribution in [0.25, 0.3) is 0 Å². The van der Waals surface area contributed by atoms with E-state index in [4.69, 9.17) is 0 Å². The molecule has 0 radical (unpaired) electrons. The van der Waals surface area contributed by atoms with Gasteiger partial charge >= 0.3 is 0 Å². The van der Waals surface area contributed by atoms with E-state index in [1.54, 1.807) is 11.3 Å². The monoisotopic (exact) mass is 226 g/mol. The molecule has 0 saturated carbocycles. The first-order valence-electron chi connectivity index (χ1n) is 5.67.